The minimum atomic E-state index is -0.774. The van der Waals surface area contributed by atoms with Crippen LogP contribution in [-0.4, -0.2) is 36.3 Å². The van der Waals surface area contributed by atoms with E-state index in [4.69, 9.17) is 27.9 Å². The first-order chi connectivity index (χ1) is 8.45. The largest absolute Gasteiger partial charge is 0.484 e. The fourth-order valence-corrected chi connectivity index (χ4v) is 1.57. The van der Waals surface area contributed by atoms with Crippen LogP contribution in [0.25, 0.3) is 0 Å². The quantitative estimate of drug-likeness (QED) is 0.618. The van der Waals surface area contributed by atoms with Crippen molar-refractivity contribution in [2.75, 3.05) is 20.2 Å². The predicted octanol–water partition coefficient (Wildman–Crippen LogP) is 1.86. The van der Waals surface area contributed by atoms with Gasteiger partial charge in [0.05, 0.1) is 15.0 Å². The first kappa shape index (κ1) is 15.0. The third-order valence-electron chi connectivity index (χ3n) is 2.07. The Labute approximate surface area is 114 Å². The number of nitro benzene ring substituents is 1. The molecule has 0 heterocycles. The Morgan fingerprint density at radius 2 is 2.11 bits per heavy atom. The zero-order chi connectivity index (χ0) is 13.7. The summed E-state index contributed by atoms with van der Waals surface area (Å²) in [5, 5.41) is 23.2. The number of aliphatic hydroxyl groups is 1. The summed E-state index contributed by atoms with van der Waals surface area (Å²) in [6.07, 6.45) is -0.774. The van der Waals surface area contributed by atoms with E-state index >= 15 is 0 Å². The molecule has 0 amide bonds. The fourth-order valence-electron chi connectivity index (χ4n) is 1.26. The number of rotatable bonds is 6. The lowest BCUT2D eigenvalue weighted by molar-refractivity contribution is -0.385. The van der Waals surface area contributed by atoms with Gasteiger partial charge in [0.2, 0.25) is 0 Å². The van der Waals surface area contributed by atoms with Gasteiger partial charge >= 0.3 is 5.69 Å². The van der Waals surface area contributed by atoms with Gasteiger partial charge in [-0.2, -0.15) is 0 Å². The summed E-state index contributed by atoms with van der Waals surface area (Å²) in [6, 6.07) is 2.37. The molecule has 0 saturated carbocycles. The molecule has 0 aromatic heterocycles. The molecule has 1 rings (SSSR count). The fraction of sp³-hybridized carbons (Fsp3) is 0.400. The Kier molecular flexibility index (Phi) is 5.61. The number of nitrogens with zero attached hydrogens (tertiary/aromatic N) is 1. The van der Waals surface area contributed by atoms with Crippen molar-refractivity contribution in [3.05, 3.63) is 32.3 Å². The second-order valence-electron chi connectivity index (χ2n) is 3.51. The molecule has 0 aliphatic rings. The average Bonchev–Trinajstić information content (AvgIpc) is 2.30. The van der Waals surface area contributed by atoms with Crippen LogP contribution < -0.4 is 10.1 Å². The summed E-state index contributed by atoms with van der Waals surface area (Å²) in [5.74, 6) is -0.0236. The van der Waals surface area contributed by atoms with Crippen LogP contribution in [-0.2, 0) is 0 Å². The lowest BCUT2D eigenvalue weighted by Crippen LogP contribution is -2.29. The maximum atomic E-state index is 10.8. The van der Waals surface area contributed by atoms with Crippen LogP contribution in [0, 0.1) is 10.1 Å². The van der Waals surface area contributed by atoms with Crippen LogP contribution in [0.3, 0.4) is 0 Å². The summed E-state index contributed by atoms with van der Waals surface area (Å²) >= 11 is 11.4. The summed E-state index contributed by atoms with van der Waals surface area (Å²) in [4.78, 5) is 10.2. The Hall–Kier alpha value is -1.08. The minimum Gasteiger partial charge on any atom is -0.484 e. The number of likely N-dealkylation sites (N-methyl/N-ethyl adjacent to an activating group) is 1. The Bertz CT molecular complexity index is 442. The zero-order valence-electron chi connectivity index (χ0n) is 9.52. The monoisotopic (exact) mass is 294 g/mol. The molecule has 0 spiro atoms. The van der Waals surface area contributed by atoms with E-state index in [1.807, 2.05) is 0 Å². The normalized spacial score (nSPS) is 12.2. The van der Waals surface area contributed by atoms with Crippen molar-refractivity contribution in [1.29, 1.82) is 0 Å². The summed E-state index contributed by atoms with van der Waals surface area (Å²) in [6.45, 7) is 0.231. The highest BCUT2D eigenvalue weighted by Gasteiger charge is 2.19. The van der Waals surface area contributed by atoms with E-state index in [1.165, 1.54) is 6.07 Å². The first-order valence-corrected chi connectivity index (χ1v) is 5.80. The van der Waals surface area contributed by atoms with Gasteiger partial charge in [-0.05, 0) is 7.05 Å². The van der Waals surface area contributed by atoms with Gasteiger partial charge in [-0.3, -0.25) is 10.1 Å². The average molecular weight is 295 g/mol. The molecule has 1 aromatic rings. The first-order valence-electron chi connectivity index (χ1n) is 5.04. The summed E-state index contributed by atoms with van der Waals surface area (Å²) in [7, 11) is 1.67. The van der Waals surface area contributed by atoms with Gasteiger partial charge in [0.25, 0.3) is 0 Å². The van der Waals surface area contributed by atoms with Gasteiger partial charge in [-0.25, -0.2) is 0 Å². The summed E-state index contributed by atoms with van der Waals surface area (Å²) in [5.41, 5.74) is -0.291. The number of halogens is 2. The van der Waals surface area contributed by atoms with Crippen molar-refractivity contribution in [2.45, 2.75) is 6.10 Å². The third kappa shape index (κ3) is 3.99. The highest BCUT2D eigenvalue weighted by atomic mass is 35.5. The molecule has 8 heteroatoms. The van der Waals surface area contributed by atoms with E-state index in [-0.39, 0.29) is 28.1 Å². The number of nitro groups is 1. The van der Waals surface area contributed by atoms with Crippen LogP contribution in [0.2, 0.25) is 10.0 Å². The van der Waals surface area contributed by atoms with Crippen molar-refractivity contribution >= 4 is 28.9 Å². The molecule has 2 N–H and O–H groups in total. The van der Waals surface area contributed by atoms with Crippen molar-refractivity contribution in [1.82, 2.24) is 5.32 Å². The molecule has 6 nitrogen and oxygen atoms in total. The van der Waals surface area contributed by atoms with Crippen LogP contribution in [0.1, 0.15) is 0 Å². The number of hydrogen-bond donors (Lipinski definition) is 2. The second-order valence-corrected chi connectivity index (χ2v) is 4.33. The zero-order valence-corrected chi connectivity index (χ0v) is 11.0. The van der Waals surface area contributed by atoms with Crippen molar-refractivity contribution in [3.8, 4) is 5.75 Å². The highest BCUT2D eigenvalue weighted by molar-refractivity contribution is 6.42. The van der Waals surface area contributed by atoms with Crippen molar-refractivity contribution in [2.24, 2.45) is 0 Å². The molecule has 0 radical (unpaired) electrons. The molecule has 0 saturated heterocycles. The number of aliphatic hydroxyl groups excluding tert-OH is 1. The Morgan fingerprint density at radius 3 is 2.67 bits per heavy atom. The third-order valence-corrected chi connectivity index (χ3v) is 2.79. The van der Waals surface area contributed by atoms with Gasteiger partial charge < -0.3 is 15.2 Å². The van der Waals surface area contributed by atoms with Gasteiger partial charge in [0.1, 0.15) is 12.7 Å². The predicted molar refractivity (Wildman–Crippen MR) is 68.5 cm³/mol. The maximum absolute atomic E-state index is 10.8. The molecule has 0 fully saturated rings. The van der Waals surface area contributed by atoms with Gasteiger partial charge in [0.15, 0.2) is 5.75 Å². The topological polar surface area (TPSA) is 84.6 Å². The van der Waals surface area contributed by atoms with Crippen molar-refractivity contribution < 1.29 is 14.8 Å². The minimum absolute atomic E-state index is 0.0236. The van der Waals surface area contributed by atoms with E-state index in [0.717, 1.165) is 6.07 Å². The van der Waals surface area contributed by atoms with E-state index in [9.17, 15) is 15.2 Å². The molecule has 0 aliphatic carbocycles. The second kappa shape index (κ2) is 6.75. The molecule has 100 valence electrons. The standard InChI is InChI=1S/C10H12Cl2N2O4/c1-13-4-6(15)5-18-10-3-8(12)7(11)2-9(10)14(16)17/h2-3,6,13,15H,4-5H2,1H3. The van der Waals surface area contributed by atoms with Crippen molar-refractivity contribution in [3.63, 3.8) is 0 Å². The number of hydrogen-bond acceptors (Lipinski definition) is 5. The lowest BCUT2D eigenvalue weighted by atomic mass is 10.3. The van der Waals surface area contributed by atoms with E-state index < -0.39 is 11.0 Å². The van der Waals surface area contributed by atoms with Gasteiger partial charge in [-0.1, -0.05) is 23.2 Å². The molecule has 1 atom stereocenters. The van der Waals surface area contributed by atoms with Crippen LogP contribution in [0.4, 0.5) is 5.69 Å². The SMILES string of the molecule is CNCC(O)COc1cc(Cl)c(Cl)cc1[N+](=O)[O-]. The molecular weight excluding hydrogens is 283 g/mol. The molecule has 0 aliphatic heterocycles. The van der Waals surface area contributed by atoms with E-state index in [1.54, 1.807) is 7.05 Å². The van der Waals surface area contributed by atoms with E-state index in [2.05, 4.69) is 5.32 Å². The summed E-state index contributed by atoms with van der Waals surface area (Å²) < 4.78 is 5.17. The van der Waals surface area contributed by atoms with Crippen LogP contribution in [0.15, 0.2) is 12.1 Å². The smallest absolute Gasteiger partial charge is 0.312 e. The Balaban J connectivity index is 2.86. The number of ether oxygens (including phenoxy) is 1. The van der Waals surface area contributed by atoms with Crippen LogP contribution in [0.5, 0.6) is 5.75 Å². The molecule has 1 unspecified atom stereocenters. The van der Waals surface area contributed by atoms with E-state index in [0.29, 0.717) is 6.54 Å². The highest BCUT2D eigenvalue weighted by Crippen LogP contribution is 2.35. The molecule has 0 bridgehead atoms. The molecular formula is C10H12Cl2N2O4. The molecule has 18 heavy (non-hydrogen) atoms. The van der Waals surface area contributed by atoms with Gasteiger partial charge in [-0.15, -0.1) is 0 Å². The lowest BCUT2D eigenvalue weighted by Gasteiger charge is -2.12. The molecule has 1 aromatic carbocycles. The Morgan fingerprint density at radius 1 is 1.50 bits per heavy atom. The maximum Gasteiger partial charge on any atom is 0.312 e. The number of nitrogens with one attached hydrogen (secondary N) is 1. The van der Waals surface area contributed by atoms with Crippen LogP contribution >= 0.6 is 23.2 Å². The number of benzene rings is 1. The van der Waals surface area contributed by atoms with Gasteiger partial charge in [0, 0.05) is 18.7 Å².